The van der Waals surface area contributed by atoms with Crippen molar-refractivity contribution in [1.29, 1.82) is 0 Å². The fraction of sp³-hybridized carbons (Fsp3) is 0.273. The number of ether oxygens (including phenoxy) is 1. The van der Waals surface area contributed by atoms with Gasteiger partial charge in [-0.2, -0.15) is 0 Å². The topological polar surface area (TPSA) is 45.1 Å². The van der Waals surface area contributed by atoms with E-state index in [1.54, 1.807) is 7.11 Å². The summed E-state index contributed by atoms with van der Waals surface area (Å²) in [5.74, 6) is 0.726. The first-order chi connectivity index (χ1) is 18.8. The van der Waals surface area contributed by atoms with Gasteiger partial charge in [-0.3, -0.25) is 9.69 Å². The molecule has 6 heteroatoms. The molecular weight excluding hydrogens is 502 g/mol. The summed E-state index contributed by atoms with van der Waals surface area (Å²) in [5, 5.41) is 0.708. The minimum atomic E-state index is -0.0948. The van der Waals surface area contributed by atoms with Crippen molar-refractivity contribution in [3.8, 4) is 5.75 Å². The number of allylic oxidation sites excluding steroid dienone is 1. The number of thioether (sulfide) groups is 1. The number of benzene rings is 3. The van der Waals surface area contributed by atoms with E-state index in [0.29, 0.717) is 16.6 Å². The second-order valence-electron chi connectivity index (χ2n) is 10.5. The van der Waals surface area contributed by atoms with Gasteiger partial charge in [0.05, 0.1) is 23.2 Å². The minimum absolute atomic E-state index is 0.0203. The Hall–Kier alpha value is -3.77. The molecule has 0 saturated carbocycles. The molecule has 1 fully saturated rings. The van der Waals surface area contributed by atoms with E-state index in [1.807, 2.05) is 47.4 Å². The number of fused-ring (bicyclic) bond motifs is 1. The molecule has 0 aliphatic carbocycles. The molecule has 3 aromatic carbocycles. The standard InChI is InChI=1S/C33H35N3O2S/c1-23-22-33(2,3)35(4)28-21-29(38-5)25(19-27(23)28)20-30-31(37)36(18-12-15-24-13-8-6-9-14-24)32(39-30)34-26-16-10-7-11-17-26/h6-11,13-14,16-17,19-22H,12,15,18H2,1-5H3/b30-20+,34-32?. The molecule has 0 unspecified atom stereocenters. The molecule has 200 valence electrons. The predicted octanol–water partition coefficient (Wildman–Crippen LogP) is 7.56. The van der Waals surface area contributed by atoms with Gasteiger partial charge in [0, 0.05) is 36.5 Å². The maximum absolute atomic E-state index is 13.7. The normalized spacial score (nSPS) is 18.5. The molecular formula is C33H35N3O2S. The third-order valence-corrected chi connectivity index (χ3v) is 8.42. The lowest BCUT2D eigenvalue weighted by Gasteiger charge is -2.41. The Kier molecular flexibility index (Phi) is 7.67. The molecule has 3 aromatic rings. The third-order valence-electron chi connectivity index (χ3n) is 7.41. The summed E-state index contributed by atoms with van der Waals surface area (Å²) in [4.78, 5) is 23.3. The van der Waals surface area contributed by atoms with Crippen molar-refractivity contribution in [2.75, 3.05) is 25.6 Å². The van der Waals surface area contributed by atoms with Crippen molar-refractivity contribution in [2.45, 2.75) is 39.2 Å². The largest absolute Gasteiger partial charge is 0.496 e. The van der Waals surface area contributed by atoms with Crippen LogP contribution >= 0.6 is 11.8 Å². The van der Waals surface area contributed by atoms with E-state index in [-0.39, 0.29) is 11.4 Å². The van der Waals surface area contributed by atoms with Crippen LogP contribution in [0.3, 0.4) is 0 Å². The van der Waals surface area contributed by atoms with Crippen LogP contribution in [0.2, 0.25) is 0 Å². The lowest BCUT2D eigenvalue weighted by Crippen LogP contribution is -2.42. The highest BCUT2D eigenvalue weighted by Gasteiger charge is 2.34. The highest BCUT2D eigenvalue weighted by atomic mass is 32.2. The number of nitrogens with zero attached hydrogens (tertiary/aromatic N) is 3. The van der Waals surface area contributed by atoms with Crippen molar-refractivity contribution < 1.29 is 9.53 Å². The lowest BCUT2D eigenvalue weighted by atomic mass is 9.88. The Bertz CT molecular complexity index is 1460. The van der Waals surface area contributed by atoms with Crippen LogP contribution < -0.4 is 9.64 Å². The number of carbonyl (C=O) groups excluding carboxylic acids is 1. The Morgan fingerprint density at radius 1 is 1.03 bits per heavy atom. The number of aliphatic imine (C=N–C) groups is 1. The van der Waals surface area contributed by atoms with E-state index in [0.717, 1.165) is 41.1 Å². The maximum Gasteiger partial charge on any atom is 0.266 e. The number of amides is 1. The summed E-state index contributed by atoms with van der Waals surface area (Å²) in [6.45, 7) is 7.16. The van der Waals surface area contributed by atoms with Gasteiger partial charge in [-0.15, -0.1) is 0 Å². The molecule has 1 saturated heterocycles. The summed E-state index contributed by atoms with van der Waals surface area (Å²) in [6.07, 6.45) is 6.00. The Balaban J connectivity index is 1.48. The number of carbonyl (C=O) groups is 1. The molecule has 5 rings (SSSR count). The SMILES string of the molecule is COc1cc2c(cc1/C=C1/SC(=Nc3ccccc3)N(CCCc3ccccc3)C1=O)C(C)=CC(C)(C)N2C. The number of methoxy groups -OCH3 is 1. The van der Waals surface area contributed by atoms with Crippen LogP contribution in [0.4, 0.5) is 11.4 Å². The molecule has 2 aliphatic rings. The monoisotopic (exact) mass is 537 g/mol. The molecule has 39 heavy (non-hydrogen) atoms. The molecule has 0 bridgehead atoms. The Morgan fingerprint density at radius 3 is 2.41 bits per heavy atom. The predicted molar refractivity (Wildman–Crippen MR) is 165 cm³/mol. The molecule has 1 amide bonds. The number of hydrogen-bond donors (Lipinski definition) is 0. The van der Waals surface area contributed by atoms with Gasteiger partial charge in [0.25, 0.3) is 5.91 Å². The summed E-state index contributed by atoms with van der Waals surface area (Å²) in [7, 11) is 3.79. The summed E-state index contributed by atoms with van der Waals surface area (Å²) < 4.78 is 5.82. The van der Waals surface area contributed by atoms with E-state index in [9.17, 15) is 4.79 Å². The fourth-order valence-electron chi connectivity index (χ4n) is 5.11. The van der Waals surface area contributed by atoms with Crippen LogP contribution in [-0.2, 0) is 11.2 Å². The van der Waals surface area contributed by atoms with Crippen LogP contribution in [-0.4, -0.2) is 42.2 Å². The van der Waals surface area contributed by atoms with Gasteiger partial charge in [-0.25, -0.2) is 4.99 Å². The number of likely N-dealkylation sites (N-methyl/N-ethyl adjacent to an activating group) is 1. The quantitative estimate of drug-likeness (QED) is 0.292. The van der Waals surface area contributed by atoms with Gasteiger partial charge in [0.1, 0.15) is 5.75 Å². The van der Waals surface area contributed by atoms with Crippen molar-refractivity contribution in [3.05, 3.63) is 100 Å². The highest BCUT2D eigenvalue weighted by Crippen LogP contribution is 2.43. The van der Waals surface area contributed by atoms with Gasteiger partial charge in [0.2, 0.25) is 0 Å². The average Bonchev–Trinajstić information content (AvgIpc) is 3.21. The first-order valence-corrected chi connectivity index (χ1v) is 14.1. The van der Waals surface area contributed by atoms with Gasteiger partial charge in [-0.05, 0) is 80.8 Å². The Morgan fingerprint density at radius 2 is 1.72 bits per heavy atom. The van der Waals surface area contributed by atoms with Crippen molar-refractivity contribution in [3.63, 3.8) is 0 Å². The zero-order chi connectivity index (χ0) is 27.6. The van der Waals surface area contributed by atoms with Crippen molar-refractivity contribution in [2.24, 2.45) is 4.99 Å². The van der Waals surface area contributed by atoms with Gasteiger partial charge in [0.15, 0.2) is 5.17 Å². The van der Waals surface area contributed by atoms with E-state index >= 15 is 0 Å². The van der Waals surface area contributed by atoms with Crippen LogP contribution in [0.1, 0.15) is 43.9 Å². The Labute approximate surface area is 235 Å². The molecule has 0 aromatic heterocycles. The zero-order valence-electron chi connectivity index (χ0n) is 23.3. The lowest BCUT2D eigenvalue weighted by molar-refractivity contribution is -0.122. The highest BCUT2D eigenvalue weighted by molar-refractivity contribution is 8.18. The van der Waals surface area contributed by atoms with E-state index in [4.69, 9.17) is 9.73 Å². The first kappa shape index (κ1) is 26.8. The molecule has 0 spiro atoms. The maximum atomic E-state index is 13.7. The smallest absolute Gasteiger partial charge is 0.266 e. The summed E-state index contributed by atoms with van der Waals surface area (Å²) in [5.41, 5.74) is 6.39. The van der Waals surface area contributed by atoms with Gasteiger partial charge in [-0.1, -0.05) is 54.6 Å². The number of para-hydroxylation sites is 1. The third kappa shape index (κ3) is 5.66. The van der Waals surface area contributed by atoms with Crippen LogP contribution in [0.15, 0.2) is 88.8 Å². The van der Waals surface area contributed by atoms with Crippen molar-refractivity contribution >= 4 is 45.9 Å². The number of amidine groups is 1. The summed E-state index contributed by atoms with van der Waals surface area (Å²) >= 11 is 1.43. The molecule has 0 radical (unpaired) electrons. The molecule has 5 nitrogen and oxygen atoms in total. The van der Waals surface area contributed by atoms with Gasteiger partial charge < -0.3 is 9.64 Å². The number of aryl methyl sites for hydroxylation is 1. The average molecular weight is 538 g/mol. The summed E-state index contributed by atoms with van der Waals surface area (Å²) in [6, 6.07) is 24.4. The van der Waals surface area contributed by atoms with E-state index in [1.165, 1.54) is 22.9 Å². The van der Waals surface area contributed by atoms with Crippen LogP contribution in [0, 0.1) is 0 Å². The first-order valence-electron chi connectivity index (χ1n) is 13.3. The molecule has 2 heterocycles. The molecule has 2 aliphatic heterocycles. The van der Waals surface area contributed by atoms with Gasteiger partial charge >= 0.3 is 0 Å². The number of hydrogen-bond acceptors (Lipinski definition) is 5. The molecule has 0 atom stereocenters. The van der Waals surface area contributed by atoms with E-state index < -0.39 is 0 Å². The van der Waals surface area contributed by atoms with E-state index in [2.05, 4.69) is 75.2 Å². The number of rotatable bonds is 7. The minimum Gasteiger partial charge on any atom is -0.496 e. The second kappa shape index (κ2) is 11.1. The van der Waals surface area contributed by atoms with Crippen LogP contribution in [0.25, 0.3) is 11.6 Å². The zero-order valence-corrected chi connectivity index (χ0v) is 24.1. The fourth-order valence-corrected chi connectivity index (χ4v) is 6.13. The second-order valence-corrected chi connectivity index (χ2v) is 11.5. The van der Waals surface area contributed by atoms with Crippen molar-refractivity contribution in [1.82, 2.24) is 4.90 Å². The molecule has 0 N–H and O–H groups in total. The van der Waals surface area contributed by atoms with Crippen LogP contribution in [0.5, 0.6) is 5.75 Å². The number of anilines is 1.